The van der Waals surface area contributed by atoms with E-state index < -0.39 is 16.5 Å². The minimum Gasteiger partial charge on any atom is -0.327 e. The van der Waals surface area contributed by atoms with Gasteiger partial charge in [-0.05, 0) is 0 Å². The summed E-state index contributed by atoms with van der Waals surface area (Å²) in [6.07, 6.45) is 1.65. The van der Waals surface area contributed by atoms with E-state index in [2.05, 4.69) is 10.9 Å². The Morgan fingerprint density at radius 3 is 1.73 bits per heavy atom. The summed E-state index contributed by atoms with van der Waals surface area (Å²) in [7, 11) is -6.40. The second kappa shape index (κ2) is 10.0. The highest BCUT2D eigenvalue weighted by Crippen LogP contribution is 2.30. The van der Waals surface area contributed by atoms with Crippen LogP contribution in [0.15, 0.2) is 12.7 Å². The molecule has 8 heteroatoms. The predicted molar refractivity (Wildman–Crippen MR) is 42.8 cm³/mol. The molecule has 0 aliphatic carbocycles. The normalized spacial score (nSPS) is 14.1. The molecule has 0 radical (unpaired) electrons. The number of nitrogens with two attached hydrogens (primary N) is 1. The Kier molecular flexibility index (Phi) is 12.4. The molecular formula is C3H11NO5P2. The minimum absolute atomic E-state index is 0.583. The molecular weight excluding hydrogens is 192 g/mol. The molecule has 0 fully saturated rings. The zero-order valence-corrected chi connectivity index (χ0v) is 7.69. The molecule has 4 N–H and O–H groups in total. The lowest BCUT2D eigenvalue weighted by Gasteiger charge is -1.86. The molecule has 0 bridgehead atoms. The van der Waals surface area contributed by atoms with Crippen molar-refractivity contribution in [2.24, 2.45) is 5.73 Å². The molecule has 0 heterocycles. The van der Waals surface area contributed by atoms with Gasteiger partial charge in [0.25, 0.3) is 0 Å². The second-order valence-corrected chi connectivity index (χ2v) is 3.04. The molecule has 68 valence electrons. The lowest BCUT2D eigenvalue weighted by atomic mass is 10.7. The van der Waals surface area contributed by atoms with Crippen LogP contribution < -0.4 is 5.73 Å². The maximum absolute atomic E-state index is 9.44. The van der Waals surface area contributed by atoms with E-state index in [1.54, 1.807) is 6.08 Å². The fraction of sp³-hybridized carbons (Fsp3) is 0.333. The maximum atomic E-state index is 9.44. The van der Waals surface area contributed by atoms with E-state index in [4.69, 9.17) is 15.5 Å². The Morgan fingerprint density at radius 2 is 1.73 bits per heavy atom. The van der Waals surface area contributed by atoms with Gasteiger partial charge < -0.3 is 15.5 Å². The van der Waals surface area contributed by atoms with Crippen molar-refractivity contribution in [3.8, 4) is 0 Å². The number of rotatable bonds is 3. The summed E-state index contributed by atoms with van der Waals surface area (Å²) < 4.78 is 22.3. The van der Waals surface area contributed by atoms with Crippen LogP contribution in [-0.4, -0.2) is 16.3 Å². The van der Waals surface area contributed by atoms with Gasteiger partial charge in [-0.2, -0.15) is 0 Å². The Balaban J connectivity index is 0. The predicted octanol–water partition coefficient (Wildman–Crippen LogP) is -0.102. The van der Waals surface area contributed by atoms with Crippen LogP contribution in [0.4, 0.5) is 0 Å². The van der Waals surface area contributed by atoms with Gasteiger partial charge in [-0.1, -0.05) is 6.08 Å². The fourth-order valence-corrected chi connectivity index (χ4v) is 0.672. The van der Waals surface area contributed by atoms with Crippen molar-refractivity contribution in [1.82, 2.24) is 0 Å². The van der Waals surface area contributed by atoms with E-state index in [-0.39, 0.29) is 0 Å². The largest absolute Gasteiger partial charge is 0.327 e. The highest BCUT2D eigenvalue weighted by molar-refractivity contribution is 7.46. The van der Waals surface area contributed by atoms with Crippen LogP contribution in [-0.2, 0) is 13.4 Å². The van der Waals surface area contributed by atoms with Crippen molar-refractivity contribution in [3.63, 3.8) is 0 Å². The van der Waals surface area contributed by atoms with Gasteiger partial charge in [-0.15, -0.1) is 6.58 Å². The van der Waals surface area contributed by atoms with Gasteiger partial charge in [-0.25, -0.2) is 4.31 Å². The third-order valence-corrected chi connectivity index (χ3v) is 1.74. The Labute approximate surface area is 65.6 Å². The molecule has 0 saturated carbocycles. The Hall–Kier alpha value is 0.0400. The first-order valence-corrected chi connectivity index (χ1v) is 5.02. The van der Waals surface area contributed by atoms with E-state index in [1.165, 1.54) is 0 Å². The topological polar surface area (TPSA) is 110 Å². The number of hydrogen-bond donors (Lipinski definition) is 3. The molecule has 0 spiro atoms. The van der Waals surface area contributed by atoms with Crippen molar-refractivity contribution >= 4 is 16.5 Å². The van der Waals surface area contributed by atoms with Crippen molar-refractivity contribution < 1.29 is 23.2 Å². The van der Waals surface area contributed by atoms with Gasteiger partial charge >= 0.3 is 16.5 Å². The Morgan fingerprint density at radius 1 is 1.45 bits per heavy atom. The summed E-state index contributed by atoms with van der Waals surface area (Å²) in [5.74, 6) is 0. The highest BCUT2D eigenvalue weighted by atomic mass is 31.2. The number of hydrogen-bond acceptors (Lipinski definition) is 4. The summed E-state index contributed by atoms with van der Waals surface area (Å²) in [4.78, 5) is 15.4. The quantitative estimate of drug-likeness (QED) is 0.436. The maximum Gasteiger partial charge on any atom is 0.323 e. The van der Waals surface area contributed by atoms with E-state index in [0.717, 1.165) is 0 Å². The molecule has 0 aliphatic rings. The van der Waals surface area contributed by atoms with Gasteiger partial charge in [0, 0.05) is 6.54 Å². The van der Waals surface area contributed by atoms with Gasteiger partial charge in [0.1, 0.15) is 0 Å². The van der Waals surface area contributed by atoms with Crippen LogP contribution in [0.3, 0.4) is 0 Å². The first-order chi connectivity index (χ1) is 5.04. The van der Waals surface area contributed by atoms with Crippen LogP contribution in [0.5, 0.6) is 0 Å². The first kappa shape index (κ1) is 13.6. The average molecular weight is 203 g/mol. The third kappa shape index (κ3) is 25.5. The van der Waals surface area contributed by atoms with E-state index in [9.17, 15) is 9.13 Å². The van der Waals surface area contributed by atoms with Gasteiger partial charge in [0.2, 0.25) is 0 Å². The molecule has 2 atom stereocenters. The van der Waals surface area contributed by atoms with Gasteiger partial charge in [-0.3, -0.25) is 9.13 Å². The lowest BCUT2D eigenvalue weighted by molar-refractivity contribution is 0.371. The molecule has 0 amide bonds. The molecule has 2 unspecified atom stereocenters. The van der Waals surface area contributed by atoms with Gasteiger partial charge in [0.05, 0.1) is 0 Å². The van der Waals surface area contributed by atoms with E-state index >= 15 is 0 Å². The van der Waals surface area contributed by atoms with Crippen LogP contribution in [0.2, 0.25) is 0 Å². The first-order valence-electron chi connectivity index (χ1n) is 2.49. The second-order valence-electron chi connectivity index (χ2n) is 1.16. The lowest BCUT2D eigenvalue weighted by Crippen LogP contribution is -1.90. The summed E-state index contributed by atoms with van der Waals surface area (Å²) in [6.45, 7) is 3.94. The van der Waals surface area contributed by atoms with Crippen molar-refractivity contribution in [1.29, 1.82) is 0 Å². The van der Waals surface area contributed by atoms with E-state index in [0.29, 0.717) is 6.54 Å². The molecule has 6 nitrogen and oxygen atoms in total. The third-order valence-electron chi connectivity index (χ3n) is 0.341. The van der Waals surface area contributed by atoms with Crippen molar-refractivity contribution in [2.75, 3.05) is 6.54 Å². The molecule has 0 saturated heterocycles. The zero-order chi connectivity index (χ0) is 9.28. The minimum atomic E-state index is -3.20. The molecule has 0 aliphatic heterocycles. The monoisotopic (exact) mass is 203 g/mol. The van der Waals surface area contributed by atoms with Crippen LogP contribution in [0.1, 0.15) is 0 Å². The molecule has 0 aromatic rings. The van der Waals surface area contributed by atoms with Crippen LogP contribution in [0.25, 0.3) is 0 Å². The molecule has 0 aromatic heterocycles. The molecule has 0 rings (SSSR count). The SMILES string of the molecule is C=CCN.O=[PH](O)O[PH](=O)O. The summed E-state index contributed by atoms with van der Waals surface area (Å²) in [6, 6.07) is 0. The van der Waals surface area contributed by atoms with Crippen LogP contribution >= 0.6 is 16.5 Å². The van der Waals surface area contributed by atoms with Crippen molar-refractivity contribution in [2.45, 2.75) is 0 Å². The molecule has 0 aromatic carbocycles. The standard InChI is InChI=1S/C3H7N.H4O5P2/c1-2-3-4;1-6(2)5-7(3)4/h2H,1,3-4H2;6-7H,(H,1,2)(H,3,4). The molecule has 11 heavy (non-hydrogen) atoms. The average Bonchev–Trinajstić information content (AvgIpc) is 1.85. The van der Waals surface area contributed by atoms with Crippen LogP contribution in [0, 0.1) is 0 Å². The zero-order valence-electron chi connectivity index (χ0n) is 5.69. The fourth-order valence-electron chi connectivity index (χ4n) is 0.0747. The summed E-state index contributed by atoms with van der Waals surface area (Å²) in [5, 5.41) is 0. The highest BCUT2D eigenvalue weighted by Gasteiger charge is 1.93. The van der Waals surface area contributed by atoms with Gasteiger partial charge in [0.15, 0.2) is 0 Å². The smallest absolute Gasteiger partial charge is 0.323 e. The van der Waals surface area contributed by atoms with E-state index in [1.807, 2.05) is 0 Å². The van der Waals surface area contributed by atoms with Crippen molar-refractivity contribution in [3.05, 3.63) is 12.7 Å². The summed E-state index contributed by atoms with van der Waals surface area (Å²) in [5.41, 5.74) is 4.91. The summed E-state index contributed by atoms with van der Waals surface area (Å²) >= 11 is 0. The Bertz CT molecular complexity index is 137.